The molecule has 0 bridgehead atoms. The van der Waals surface area contributed by atoms with Crippen LogP contribution in [0.5, 0.6) is 0 Å². The van der Waals surface area contributed by atoms with Gasteiger partial charge >= 0.3 is 0 Å². The molecule has 1 aromatic heterocycles. The van der Waals surface area contributed by atoms with Gasteiger partial charge in [-0.2, -0.15) is 8.78 Å². The summed E-state index contributed by atoms with van der Waals surface area (Å²) in [6.07, 6.45) is 0. The predicted molar refractivity (Wildman–Crippen MR) is 112 cm³/mol. The number of nitrogens with zero attached hydrogens (tertiary/aromatic N) is 3. The van der Waals surface area contributed by atoms with Gasteiger partial charge in [0.1, 0.15) is 5.82 Å². The summed E-state index contributed by atoms with van der Waals surface area (Å²) in [5.41, 5.74) is 2.34. The quantitative estimate of drug-likeness (QED) is 0.612. The number of benzene rings is 2. The maximum absolute atomic E-state index is 14.7. The second kappa shape index (κ2) is 8.87. The predicted octanol–water partition coefficient (Wildman–Crippen LogP) is 4.78. The van der Waals surface area contributed by atoms with Crippen molar-refractivity contribution in [2.24, 2.45) is 0 Å². The van der Waals surface area contributed by atoms with Gasteiger partial charge in [-0.25, -0.2) is 4.98 Å². The average molecular weight is 429 g/mol. The van der Waals surface area contributed by atoms with E-state index in [0.29, 0.717) is 5.56 Å². The van der Waals surface area contributed by atoms with E-state index in [9.17, 15) is 13.6 Å². The molecular weight excluding hydrogens is 406 g/mol. The summed E-state index contributed by atoms with van der Waals surface area (Å²) in [6.45, 7) is 6.19. The molecule has 0 radical (unpaired) electrons. The van der Waals surface area contributed by atoms with Gasteiger partial charge in [-0.05, 0) is 45.4 Å². The van der Waals surface area contributed by atoms with E-state index in [1.807, 2.05) is 38.1 Å². The molecule has 3 rings (SSSR count). The molecule has 30 heavy (non-hydrogen) atoms. The van der Waals surface area contributed by atoms with Crippen LogP contribution in [-0.4, -0.2) is 27.6 Å². The second-order valence-corrected chi connectivity index (χ2v) is 8.20. The van der Waals surface area contributed by atoms with Crippen molar-refractivity contribution in [1.29, 1.82) is 0 Å². The highest BCUT2D eigenvalue weighted by molar-refractivity contribution is 7.99. The average Bonchev–Trinajstić information content (AvgIpc) is 2.69. The van der Waals surface area contributed by atoms with Crippen LogP contribution in [-0.2, 0) is 5.92 Å². The van der Waals surface area contributed by atoms with Gasteiger partial charge in [0.25, 0.3) is 11.8 Å². The Kier molecular flexibility index (Phi) is 6.45. The summed E-state index contributed by atoms with van der Waals surface area (Å²) in [6, 6.07) is 12.4. The van der Waals surface area contributed by atoms with Crippen LogP contribution in [0.3, 0.4) is 0 Å². The molecule has 1 amide bonds. The third-order valence-corrected chi connectivity index (χ3v) is 5.44. The zero-order chi connectivity index (χ0) is 21.9. The molecule has 3 aromatic rings. The number of carbonyl (C=O) groups is 1. The van der Waals surface area contributed by atoms with E-state index in [-0.39, 0.29) is 22.1 Å². The Morgan fingerprint density at radius 3 is 2.33 bits per heavy atom. The smallest absolute Gasteiger partial charge is 0.290 e. The molecule has 0 aliphatic carbocycles. The lowest BCUT2D eigenvalue weighted by Gasteiger charge is -2.20. The van der Waals surface area contributed by atoms with E-state index in [1.54, 1.807) is 26.0 Å². The maximum atomic E-state index is 14.7. The Morgan fingerprint density at radius 1 is 1.00 bits per heavy atom. The van der Waals surface area contributed by atoms with Gasteiger partial charge in [-0.15, -0.1) is 10.2 Å². The van der Waals surface area contributed by atoms with Crippen molar-refractivity contribution in [3.8, 4) is 0 Å². The zero-order valence-corrected chi connectivity index (χ0v) is 18.0. The van der Waals surface area contributed by atoms with Crippen molar-refractivity contribution in [2.75, 3.05) is 6.54 Å². The van der Waals surface area contributed by atoms with Crippen molar-refractivity contribution < 1.29 is 13.6 Å². The molecule has 0 spiro atoms. The monoisotopic (exact) mass is 428 g/mol. The highest BCUT2D eigenvalue weighted by Crippen LogP contribution is 2.31. The Labute approximate surface area is 178 Å². The fourth-order valence-electron chi connectivity index (χ4n) is 2.93. The number of rotatable bonds is 6. The fourth-order valence-corrected chi connectivity index (χ4v) is 3.74. The third-order valence-electron chi connectivity index (χ3n) is 4.46. The molecule has 0 fully saturated rings. The first-order valence-electron chi connectivity index (χ1n) is 9.35. The topological polar surface area (TPSA) is 67.8 Å². The van der Waals surface area contributed by atoms with Gasteiger partial charge < -0.3 is 5.32 Å². The van der Waals surface area contributed by atoms with E-state index in [2.05, 4.69) is 20.5 Å². The Bertz CT molecular complexity index is 1070. The number of alkyl halides is 2. The minimum atomic E-state index is -3.22. The first-order valence-corrected chi connectivity index (χ1v) is 10.2. The molecule has 5 nitrogen and oxygen atoms in total. The summed E-state index contributed by atoms with van der Waals surface area (Å²) in [4.78, 5) is 17.7. The molecule has 2 aromatic carbocycles. The van der Waals surface area contributed by atoms with Crippen molar-refractivity contribution in [3.63, 3.8) is 0 Å². The van der Waals surface area contributed by atoms with Crippen molar-refractivity contribution in [2.45, 2.75) is 43.5 Å². The summed E-state index contributed by atoms with van der Waals surface area (Å²) in [5, 5.41) is 10.5. The first-order chi connectivity index (χ1) is 14.2. The molecular formula is C22H22F2N4OS. The Morgan fingerprint density at radius 2 is 1.67 bits per heavy atom. The van der Waals surface area contributed by atoms with Gasteiger partial charge in [-0.3, -0.25) is 4.79 Å². The first kappa shape index (κ1) is 21.8. The lowest BCUT2D eigenvalue weighted by atomic mass is 10.0. The van der Waals surface area contributed by atoms with Gasteiger partial charge in [0, 0.05) is 10.5 Å². The number of halogens is 2. The number of aryl methyl sites for hydroxylation is 4. The number of aromatic nitrogens is 3. The third kappa shape index (κ3) is 5.18. The molecule has 1 N–H and O–H groups in total. The van der Waals surface area contributed by atoms with Crippen LogP contribution in [0.4, 0.5) is 8.78 Å². The van der Waals surface area contributed by atoms with Crippen LogP contribution in [0.15, 0.2) is 52.4 Å². The molecule has 0 aliphatic heterocycles. The molecule has 1 heterocycles. The summed E-state index contributed by atoms with van der Waals surface area (Å²) < 4.78 is 29.4. The standard InChI is InChI=1S/C22H22F2N4OS/c1-13-5-8-17(9-6-13)30-21-19(26-16(4)27-28-21)20(29)25-12-22(23,24)18-10-7-14(2)11-15(18)3/h5-11H,12H2,1-4H3,(H,25,29). The molecule has 0 unspecified atom stereocenters. The van der Waals surface area contributed by atoms with Gasteiger partial charge in [0.2, 0.25) is 0 Å². The number of hydrogen-bond donors (Lipinski definition) is 1. The zero-order valence-electron chi connectivity index (χ0n) is 17.2. The van der Waals surface area contributed by atoms with Crippen LogP contribution in [0.25, 0.3) is 0 Å². The second-order valence-electron chi connectivity index (χ2n) is 7.13. The maximum Gasteiger partial charge on any atom is 0.290 e. The van der Waals surface area contributed by atoms with Crippen LogP contribution >= 0.6 is 11.8 Å². The van der Waals surface area contributed by atoms with Crippen LogP contribution in [0, 0.1) is 27.7 Å². The number of hydrogen-bond acceptors (Lipinski definition) is 5. The van der Waals surface area contributed by atoms with Crippen molar-refractivity contribution in [1.82, 2.24) is 20.5 Å². The lowest BCUT2D eigenvalue weighted by Crippen LogP contribution is -2.36. The lowest BCUT2D eigenvalue weighted by molar-refractivity contribution is -0.00316. The molecule has 156 valence electrons. The SMILES string of the molecule is Cc1ccc(Sc2nnc(C)nc2C(=O)NCC(F)(F)c2ccc(C)cc2C)cc1. The summed E-state index contributed by atoms with van der Waals surface area (Å²) in [5.74, 6) is -3.64. The Hall–Kier alpha value is -2.87. The number of nitrogens with one attached hydrogen (secondary N) is 1. The van der Waals surface area contributed by atoms with Crippen molar-refractivity contribution >= 4 is 17.7 Å². The normalized spacial score (nSPS) is 11.4. The minimum absolute atomic E-state index is 0.0236. The van der Waals surface area contributed by atoms with E-state index < -0.39 is 18.4 Å². The van der Waals surface area contributed by atoms with Gasteiger partial charge in [-0.1, -0.05) is 53.2 Å². The summed E-state index contributed by atoms with van der Waals surface area (Å²) >= 11 is 1.21. The van der Waals surface area contributed by atoms with Crippen LogP contribution in [0.1, 0.15) is 38.6 Å². The van der Waals surface area contributed by atoms with Gasteiger partial charge in [0.05, 0.1) is 6.54 Å². The van der Waals surface area contributed by atoms with E-state index in [1.165, 1.54) is 17.8 Å². The number of carbonyl (C=O) groups excluding carboxylic acids is 1. The Balaban J connectivity index is 1.79. The van der Waals surface area contributed by atoms with E-state index >= 15 is 0 Å². The van der Waals surface area contributed by atoms with Crippen LogP contribution < -0.4 is 5.32 Å². The fraction of sp³-hybridized carbons (Fsp3) is 0.273. The van der Waals surface area contributed by atoms with Crippen LogP contribution in [0.2, 0.25) is 0 Å². The highest BCUT2D eigenvalue weighted by Gasteiger charge is 2.34. The number of amides is 1. The largest absolute Gasteiger partial charge is 0.344 e. The molecule has 8 heteroatoms. The minimum Gasteiger partial charge on any atom is -0.344 e. The highest BCUT2D eigenvalue weighted by atomic mass is 32.2. The van der Waals surface area contributed by atoms with Gasteiger partial charge in [0.15, 0.2) is 10.7 Å². The molecule has 0 saturated heterocycles. The summed E-state index contributed by atoms with van der Waals surface area (Å²) in [7, 11) is 0. The van der Waals surface area contributed by atoms with E-state index in [0.717, 1.165) is 16.0 Å². The molecule has 0 atom stereocenters. The molecule has 0 saturated carbocycles. The molecule has 0 aliphatic rings. The van der Waals surface area contributed by atoms with E-state index in [4.69, 9.17) is 0 Å². The van der Waals surface area contributed by atoms with Crippen molar-refractivity contribution in [3.05, 3.63) is 76.2 Å².